The summed E-state index contributed by atoms with van der Waals surface area (Å²) >= 11 is 7.82. The molecule has 2 aromatic carbocycles. The number of fused-ring (bicyclic) bond motifs is 1. The van der Waals surface area contributed by atoms with Gasteiger partial charge in [0.05, 0.1) is 27.5 Å². The van der Waals surface area contributed by atoms with Crippen molar-refractivity contribution in [3.63, 3.8) is 0 Å². The minimum absolute atomic E-state index is 0.375. The second-order valence-corrected chi connectivity index (χ2v) is 8.09. The normalized spacial score (nSPS) is 11.0. The summed E-state index contributed by atoms with van der Waals surface area (Å²) in [6, 6.07) is 16.3. The van der Waals surface area contributed by atoms with Crippen LogP contribution in [-0.4, -0.2) is 21.8 Å². The van der Waals surface area contributed by atoms with Gasteiger partial charge in [-0.05, 0) is 31.2 Å². The first kappa shape index (κ1) is 20.7. The molecule has 0 bridgehead atoms. The number of hydrogen-bond acceptors (Lipinski definition) is 5. The van der Waals surface area contributed by atoms with Gasteiger partial charge in [0, 0.05) is 27.4 Å². The van der Waals surface area contributed by atoms with Crippen molar-refractivity contribution in [2.75, 3.05) is 0 Å². The number of nitrogens with zero attached hydrogens (tertiary/aromatic N) is 2. The second-order valence-electron chi connectivity index (χ2n) is 6.62. The van der Waals surface area contributed by atoms with Gasteiger partial charge in [0.1, 0.15) is 0 Å². The highest BCUT2D eigenvalue weighted by Gasteiger charge is 2.15. The zero-order chi connectivity index (χ0) is 21.8. The monoisotopic (exact) mass is 448 g/mol. The van der Waals surface area contributed by atoms with Gasteiger partial charge in [-0.15, -0.1) is 11.3 Å². The summed E-state index contributed by atoms with van der Waals surface area (Å²) in [5, 5.41) is 3.95. The maximum atomic E-state index is 12.9. The van der Waals surface area contributed by atoms with Crippen molar-refractivity contribution in [3.8, 4) is 11.3 Å². The van der Waals surface area contributed by atoms with Gasteiger partial charge >= 0.3 is 0 Å². The number of aryl methyl sites for hydroxylation is 1. The molecule has 6 nitrogen and oxygen atoms in total. The van der Waals surface area contributed by atoms with Crippen molar-refractivity contribution in [3.05, 3.63) is 87.3 Å². The molecule has 0 radical (unpaired) electrons. The van der Waals surface area contributed by atoms with Gasteiger partial charge in [-0.3, -0.25) is 20.4 Å². The number of pyridine rings is 1. The molecule has 0 saturated carbocycles. The van der Waals surface area contributed by atoms with Crippen LogP contribution in [0.1, 0.15) is 21.1 Å². The summed E-state index contributed by atoms with van der Waals surface area (Å²) < 4.78 is 0. The molecule has 0 spiro atoms. The van der Waals surface area contributed by atoms with E-state index >= 15 is 0 Å². The number of benzene rings is 2. The van der Waals surface area contributed by atoms with Gasteiger partial charge in [0.15, 0.2) is 0 Å². The van der Waals surface area contributed by atoms with Crippen LogP contribution in [0, 0.1) is 6.92 Å². The van der Waals surface area contributed by atoms with E-state index in [1.807, 2.05) is 48.7 Å². The van der Waals surface area contributed by atoms with E-state index in [9.17, 15) is 9.59 Å². The number of carbonyl (C=O) groups excluding carboxylic acids is 2. The topological polar surface area (TPSA) is 84.0 Å². The molecule has 154 valence electrons. The number of para-hydroxylation sites is 1. The quantitative estimate of drug-likeness (QED) is 0.347. The van der Waals surface area contributed by atoms with Crippen molar-refractivity contribution in [2.24, 2.45) is 0 Å². The Hall–Kier alpha value is -3.55. The Morgan fingerprint density at radius 3 is 2.58 bits per heavy atom. The molecule has 2 heterocycles. The predicted molar refractivity (Wildman–Crippen MR) is 124 cm³/mol. The zero-order valence-electron chi connectivity index (χ0n) is 16.4. The molecule has 2 aromatic heterocycles. The average Bonchev–Trinajstić information content (AvgIpc) is 3.20. The molecule has 4 rings (SSSR count). The molecule has 0 aliphatic heterocycles. The minimum Gasteiger partial charge on any atom is -0.268 e. The van der Waals surface area contributed by atoms with Crippen LogP contribution in [0.3, 0.4) is 0 Å². The van der Waals surface area contributed by atoms with Crippen LogP contribution in [0.15, 0.2) is 66.1 Å². The fraction of sp³-hybridized carbons (Fsp3) is 0.0435. The molecule has 4 aromatic rings. The van der Waals surface area contributed by atoms with Gasteiger partial charge in [0.2, 0.25) is 0 Å². The van der Waals surface area contributed by atoms with Crippen LogP contribution < -0.4 is 10.9 Å². The van der Waals surface area contributed by atoms with E-state index in [0.717, 1.165) is 10.6 Å². The summed E-state index contributed by atoms with van der Waals surface area (Å²) in [5.41, 5.74) is 7.85. The molecule has 31 heavy (non-hydrogen) atoms. The molecule has 0 aliphatic rings. The first-order chi connectivity index (χ1) is 15.0. The van der Waals surface area contributed by atoms with Crippen LogP contribution in [0.2, 0.25) is 5.02 Å². The number of nitrogens with one attached hydrogen (secondary N) is 2. The summed E-state index contributed by atoms with van der Waals surface area (Å²) in [7, 11) is 0. The molecule has 0 atom stereocenters. The van der Waals surface area contributed by atoms with Crippen LogP contribution in [0.25, 0.3) is 28.2 Å². The lowest BCUT2D eigenvalue weighted by molar-refractivity contribution is -0.117. The fourth-order valence-corrected chi connectivity index (χ4v) is 3.83. The Kier molecular flexibility index (Phi) is 6.06. The van der Waals surface area contributed by atoms with E-state index in [-0.39, 0.29) is 0 Å². The number of aromatic nitrogens is 2. The van der Waals surface area contributed by atoms with E-state index in [0.29, 0.717) is 32.9 Å². The Balaban J connectivity index is 1.58. The zero-order valence-corrected chi connectivity index (χ0v) is 18.0. The van der Waals surface area contributed by atoms with Crippen LogP contribution in [0.4, 0.5) is 0 Å². The maximum Gasteiger partial charge on any atom is 0.270 e. The van der Waals surface area contributed by atoms with Crippen molar-refractivity contribution < 1.29 is 9.59 Å². The van der Waals surface area contributed by atoms with Crippen LogP contribution >= 0.6 is 22.9 Å². The second kappa shape index (κ2) is 9.07. The fourth-order valence-electron chi connectivity index (χ4n) is 3.02. The van der Waals surface area contributed by atoms with Gasteiger partial charge in [-0.2, -0.15) is 0 Å². The molecule has 2 N–H and O–H groups in total. The molecule has 0 saturated heterocycles. The smallest absolute Gasteiger partial charge is 0.268 e. The highest BCUT2D eigenvalue weighted by Crippen LogP contribution is 2.29. The first-order valence-electron chi connectivity index (χ1n) is 9.36. The number of carbonyl (C=O) groups is 2. The van der Waals surface area contributed by atoms with Crippen LogP contribution in [0.5, 0.6) is 0 Å². The first-order valence-corrected chi connectivity index (χ1v) is 10.6. The third-order valence-electron chi connectivity index (χ3n) is 4.45. The Morgan fingerprint density at radius 1 is 1.03 bits per heavy atom. The molecular weight excluding hydrogens is 432 g/mol. The Labute approximate surface area is 187 Å². The summed E-state index contributed by atoms with van der Waals surface area (Å²) in [6.45, 7) is 1.89. The van der Waals surface area contributed by atoms with Crippen molar-refractivity contribution in [1.82, 2.24) is 20.8 Å². The molecule has 0 aliphatic carbocycles. The lowest BCUT2D eigenvalue weighted by Gasteiger charge is -2.11. The molecule has 0 unspecified atom stereocenters. The minimum atomic E-state index is -0.469. The number of amides is 2. The highest BCUT2D eigenvalue weighted by atomic mass is 35.5. The van der Waals surface area contributed by atoms with Gasteiger partial charge in [-0.1, -0.05) is 48.0 Å². The average molecular weight is 449 g/mol. The van der Waals surface area contributed by atoms with Crippen LogP contribution in [-0.2, 0) is 4.79 Å². The Bertz CT molecular complexity index is 1320. The van der Waals surface area contributed by atoms with Gasteiger partial charge < -0.3 is 0 Å². The lowest BCUT2D eigenvalue weighted by atomic mass is 10.0. The largest absolute Gasteiger partial charge is 0.270 e. The van der Waals surface area contributed by atoms with Crippen molar-refractivity contribution in [1.29, 1.82) is 0 Å². The molecular formula is C23H17ClN4O2S. The number of rotatable bonds is 4. The summed E-state index contributed by atoms with van der Waals surface area (Å²) in [5.74, 6) is -0.929. The molecule has 0 fully saturated rings. The Morgan fingerprint density at radius 2 is 1.81 bits per heavy atom. The van der Waals surface area contributed by atoms with Crippen molar-refractivity contribution >= 4 is 51.7 Å². The van der Waals surface area contributed by atoms with E-state index in [2.05, 4.69) is 20.8 Å². The molecule has 8 heteroatoms. The van der Waals surface area contributed by atoms with E-state index in [1.54, 1.807) is 24.3 Å². The van der Waals surface area contributed by atoms with E-state index in [4.69, 9.17) is 11.6 Å². The third-order valence-corrected chi connectivity index (χ3v) is 5.57. The van der Waals surface area contributed by atoms with Crippen molar-refractivity contribution in [2.45, 2.75) is 6.92 Å². The highest BCUT2D eigenvalue weighted by molar-refractivity contribution is 7.09. The number of hydrogen-bond donors (Lipinski definition) is 2. The molecule has 2 amide bonds. The third kappa shape index (κ3) is 4.79. The van der Waals surface area contributed by atoms with Gasteiger partial charge in [0.25, 0.3) is 11.8 Å². The predicted octanol–water partition coefficient (Wildman–Crippen LogP) is 4.79. The maximum absolute atomic E-state index is 12.9. The van der Waals surface area contributed by atoms with E-state index in [1.165, 1.54) is 17.4 Å². The number of thiazole rings is 1. The van der Waals surface area contributed by atoms with E-state index < -0.39 is 11.8 Å². The lowest BCUT2D eigenvalue weighted by Crippen LogP contribution is -2.40. The number of hydrazine groups is 1. The standard InChI is InChI=1S/C23H17ClN4O2S/c1-14-25-15(13-31-14)10-11-22(29)27-28-23(30)18-12-21(17-7-2-4-8-19(17)24)26-20-9-5-3-6-16(18)20/h2-13H,1H3,(H,27,29)(H,28,30)/b11-10+. The number of halogens is 1. The SMILES string of the molecule is Cc1nc(/C=C/C(=O)NNC(=O)c2cc(-c3ccccc3Cl)nc3ccccc23)cs1. The summed E-state index contributed by atoms with van der Waals surface area (Å²) in [6.07, 6.45) is 2.90. The summed E-state index contributed by atoms with van der Waals surface area (Å²) in [4.78, 5) is 33.9. The van der Waals surface area contributed by atoms with Gasteiger partial charge in [-0.25, -0.2) is 9.97 Å².